The van der Waals surface area contributed by atoms with E-state index in [0.717, 1.165) is 37.6 Å². The Bertz CT molecular complexity index is 553. The summed E-state index contributed by atoms with van der Waals surface area (Å²) in [5.74, 6) is 1.65. The topological polar surface area (TPSA) is 18.5 Å². The summed E-state index contributed by atoms with van der Waals surface area (Å²) in [6.45, 7) is 0. The average molecular weight is 360 g/mol. The molecule has 0 unspecified atom stereocenters. The van der Waals surface area contributed by atoms with Crippen LogP contribution in [0.15, 0.2) is 28.7 Å². The Morgan fingerprint density at radius 3 is 2.41 bits per heavy atom. The van der Waals surface area contributed by atoms with Crippen LogP contribution in [0.2, 0.25) is 0 Å². The molecule has 2 rings (SSSR count). The van der Waals surface area contributed by atoms with Gasteiger partial charge in [-0.3, -0.25) is 0 Å². The summed E-state index contributed by atoms with van der Waals surface area (Å²) >= 11 is 7.10. The summed E-state index contributed by atoms with van der Waals surface area (Å²) in [5.41, 5.74) is 1.16. The zero-order valence-corrected chi connectivity index (χ0v) is 12.8. The molecule has 0 heterocycles. The molecule has 0 saturated carbocycles. The van der Waals surface area contributed by atoms with Crippen molar-refractivity contribution in [2.45, 2.75) is 5.33 Å². The van der Waals surface area contributed by atoms with Gasteiger partial charge in [-0.05, 0) is 33.6 Å². The van der Waals surface area contributed by atoms with Crippen LogP contribution in [-0.2, 0) is 5.33 Å². The highest BCUT2D eigenvalue weighted by Crippen LogP contribution is 2.40. The smallest absolute Gasteiger partial charge is 0.130 e. The highest BCUT2D eigenvalue weighted by molar-refractivity contribution is 9.11. The lowest BCUT2D eigenvalue weighted by molar-refractivity contribution is 0.405. The fraction of sp³-hybridized carbons (Fsp3) is 0.231. The van der Waals surface area contributed by atoms with Gasteiger partial charge in [0.15, 0.2) is 0 Å². The standard InChI is InChI=1S/C13H12Br2O2/c1-16-10-5-3-4-9-12(10)11(17-2)6-8(7-14)13(9)15/h3-6H,7H2,1-2H3. The van der Waals surface area contributed by atoms with Gasteiger partial charge in [0.1, 0.15) is 11.5 Å². The number of methoxy groups -OCH3 is 2. The lowest BCUT2D eigenvalue weighted by atomic mass is 10.1. The number of benzene rings is 2. The molecule has 0 radical (unpaired) electrons. The molecule has 0 bridgehead atoms. The van der Waals surface area contributed by atoms with Gasteiger partial charge in [-0.1, -0.05) is 28.1 Å². The van der Waals surface area contributed by atoms with Crippen LogP contribution >= 0.6 is 31.9 Å². The molecule has 17 heavy (non-hydrogen) atoms. The van der Waals surface area contributed by atoms with Crippen LogP contribution in [0.3, 0.4) is 0 Å². The van der Waals surface area contributed by atoms with Gasteiger partial charge in [-0.25, -0.2) is 0 Å². The van der Waals surface area contributed by atoms with E-state index in [9.17, 15) is 0 Å². The summed E-state index contributed by atoms with van der Waals surface area (Å²) in [6.07, 6.45) is 0. The van der Waals surface area contributed by atoms with Crippen LogP contribution in [0.25, 0.3) is 10.8 Å². The molecule has 4 heteroatoms. The molecule has 2 aromatic rings. The van der Waals surface area contributed by atoms with Crippen molar-refractivity contribution in [1.29, 1.82) is 0 Å². The zero-order chi connectivity index (χ0) is 12.4. The first-order chi connectivity index (χ1) is 8.22. The lowest BCUT2D eigenvalue weighted by Gasteiger charge is -2.13. The number of fused-ring (bicyclic) bond motifs is 1. The van der Waals surface area contributed by atoms with Crippen molar-refractivity contribution >= 4 is 42.6 Å². The van der Waals surface area contributed by atoms with E-state index >= 15 is 0 Å². The first kappa shape index (κ1) is 12.7. The van der Waals surface area contributed by atoms with Crippen LogP contribution in [0.1, 0.15) is 5.56 Å². The predicted octanol–water partition coefficient (Wildman–Crippen LogP) is 4.51. The average Bonchev–Trinajstić information content (AvgIpc) is 2.39. The molecule has 0 aliphatic rings. The normalized spacial score (nSPS) is 10.6. The van der Waals surface area contributed by atoms with Gasteiger partial charge < -0.3 is 9.47 Å². The Balaban J connectivity index is 2.89. The quantitative estimate of drug-likeness (QED) is 0.750. The maximum atomic E-state index is 5.45. The van der Waals surface area contributed by atoms with Gasteiger partial charge in [0.25, 0.3) is 0 Å². The molecule has 90 valence electrons. The molecular weight excluding hydrogens is 348 g/mol. The Labute approximate surface area is 117 Å². The molecule has 2 nitrogen and oxygen atoms in total. The van der Waals surface area contributed by atoms with E-state index in [-0.39, 0.29) is 0 Å². The minimum Gasteiger partial charge on any atom is -0.496 e. The summed E-state index contributed by atoms with van der Waals surface area (Å²) in [4.78, 5) is 0. The van der Waals surface area contributed by atoms with E-state index in [1.807, 2.05) is 18.2 Å². The molecule has 0 amide bonds. The predicted molar refractivity (Wildman–Crippen MR) is 77.4 cm³/mol. The van der Waals surface area contributed by atoms with Crippen molar-refractivity contribution in [3.8, 4) is 11.5 Å². The van der Waals surface area contributed by atoms with Crippen molar-refractivity contribution in [3.63, 3.8) is 0 Å². The van der Waals surface area contributed by atoms with Gasteiger partial charge in [0.2, 0.25) is 0 Å². The molecule has 0 aliphatic carbocycles. The number of hydrogen-bond acceptors (Lipinski definition) is 2. The van der Waals surface area contributed by atoms with Gasteiger partial charge in [-0.15, -0.1) is 0 Å². The Morgan fingerprint density at radius 1 is 1.12 bits per heavy atom. The largest absolute Gasteiger partial charge is 0.496 e. The number of alkyl halides is 1. The summed E-state index contributed by atoms with van der Waals surface area (Å²) in [5, 5.41) is 2.86. The fourth-order valence-corrected chi connectivity index (χ4v) is 3.27. The second kappa shape index (κ2) is 5.27. The first-order valence-corrected chi connectivity index (χ1v) is 7.02. The Kier molecular flexibility index (Phi) is 3.94. The Hall–Kier alpha value is -0.740. The number of ether oxygens (including phenoxy) is 2. The van der Waals surface area contributed by atoms with Crippen molar-refractivity contribution in [2.24, 2.45) is 0 Å². The molecule has 2 aromatic carbocycles. The maximum absolute atomic E-state index is 5.45. The second-order valence-electron chi connectivity index (χ2n) is 3.57. The van der Waals surface area contributed by atoms with Crippen LogP contribution in [0, 0.1) is 0 Å². The van der Waals surface area contributed by atoms with Crippen molar-refractivity contribution < 1.29 is 9.47 Å². The molecule has 0 fully saturated rings. The minimum absolute atomic E-state index is 0.775. The van der Waals surface area contributed by atoms with Gasteiger partial charge >= 0.3 is 0 Å². The second-order valence-corrected chi connectivity index (χ2v) is 4.92. The molecule has 0 N–H and O–H groups in total. The monoisotopic (exact) mass is 358 g/mol. The maximum Gasteiger partial charge on any atom is 0.130 e. The van der Waals surface area contributed by atoms with E-state index in [2.05, 4.69) is 37.9 Å². The highest BCUT2D eigenvalue weighted by atomic mass is 79.9. The van der Waals surface area contributed by atoms with E-state index in [1.165, 1.54) is 0 Å². The van der Waals surface area contributed by atoms with Gasteiger partial charge in [0.05, 0.1) is 19.6 Å². The molecule has 0 aromatic heterocycles. The van der Waals surface area contributed by atoms with Crippen LogP contribution in [-0.4, -0.2) is 14.2 Å². The summed E-state index contributed by atoms with van der Waals surface area (Å²) in [6, 6.07) is 7.98. The third-order valence-electron chi connectivity index (χ3n) is 2.68. The van der Waals surface area contributed by atoms with E-state index < -0.39 is 0 Å². The first-order valence-electron chi connectivity index (χ1n) is 5.11. The van der Waals surface area contributed by atoms with E-state index in [4.69, 9.17) is 9.47 Å². The van der Waals surface area contributed by atoms with Gasteiger partial charge in [0, 0.05) is 15.2 Å². The molecular formula is C13H12Br2O2. The zero-order valence-electron chi connectivity index (χ0n) is 9.59. The Morgan fingerprint density at radius 2 is 1.82 bits per heavy atom. The minimum atomic E-state index is 0.775. The van der Waals surface area contributed by atoms with Crippen molar-refractivity contribution in [3.05, 3.63) is 34.3 Å². The lowest BCUT2D eigenvalue weighted by Crippen LogP contribution is -1.93. The number of halogens is 2. The van der Waals surface area contributed by atoms with Crippen LogP contribution < -0.4 is 9.47 Å². The van der Waals surface area contributed by atoms with E-state index in [1.54, 1.807) is 14.2 Å². The van der Waals surface area contributed by atoms with Crippen LogP contribution in [0.5, 0.6) is 11.5 Å². The third-order valence-corrected chi connectivity index (χ3v) is 4.22. The third kappa shape index (κ3) is 2.16. The summed E-state index contributed by atoms with van der Waals surface area (Å²) in [7, 11) is 3.34. The molecule has 0 spiro atoms. The van der Waals surface area contributed by atoms with E-state index in [0.29, 0.717) is 0 Å². The highest BCUT2D eigenvalue weighted by Gasteiger charge is 2.13. The molecule has 0 atom stereocenters. The van der Waals surface area contributed by atoms with Crippen molar-refractivity contribution in [1.82, 2.24) is 0 Å². The molecule has 0 saturated heterocycles. The van der Waals surface area contributed by atoms with Gasteiger partial charge in [-0.2, -0.15) is 0 Å². The number of hydrogen-bond donors (Lipinski definition) is 0. The fourth-order valence-electron chi connectivity index (χ4n) is 1.86. The molecule has 0 aliphatic heterocycles. The van der Waals surface area contributed by atoms with Crippen LogP contribution in [0.4, 0.5) is 0 Å². The summed E-state index contributed by atoms with van der Waals surface area (Å²) < 4.78 is 11.9. The SMILES string of the molecule is COc1cccc2c(Br)c(CBr)cc(OC)c12. The number of rotatable bonds is 3. The van der Waals surface area contributed by atoms with Crippen molar-refractivity contribution in [2.75, 3.05) is 14.2 Å².